The predicted octanol–water partition coefficient (Wildman–Crippen LogP) is 0.258. The van der Waals surface area contributed by atoms with Gasteiger partial charge in [-0.05, 0) is 18.8 Å². The second-order valence-corrected chi connectivity index (χ2v) is 6.51. The molecule has 2 rings (SSSR count). The fraction of sp³-hybridized carbons (Fsp3) is 0.571. The van der Waals surface area contributed by atoms with Crippen molar-refractivity contribution in [1.29, 1.82) is 0 Å². The van der Waals surface area contributed by atoms with Crippen molar-refractivity contribution in [3.63, 3.8) is 0 Å². The molecule has 1 aliphatic rings. The number of hydrogen-bond donors (Lipinski definition) is 3. The SMILES string of the molecule is COC(=O)C1(N)CC(CNC(=O)CCC(=O)Nc2nccs2)C1. The summed E-state index contributed by atoms with van der Waals surface area (Å²) in [6.45, 7) is 0.447. The second-order valence-electron chi connectivity index (χ2n) is 5.61. The Hall–Kier alpha value is -2.00. The summed E-state index contributed by atoms with van der Waals surface area (Å²) < 4.78 is 4.64. The Balaban J connectivity index is 1.59. The van der Waals surface area contributed by atoms with Crippen LogP contribution in [0.1, 0.15) is 25.7 Å². The lowest BCUT2D eigenvalue weighted by molar-refractivity contribution is -0.152. The minimum Gasteiger partial charge on any atom is -0.468 e. The summed E-state index contributed by atoms with van der Waals surface area (Å²) in [6.07, 6.45) is 2.78. The van der Waals surface area contributed by atoms with Crippen LogP contribution in [0, 0.1) is 5.92 Å². The number of nitrogens with zero attached hydrogens (tertiary/aromatic N) is 1. The third-order valence-electron chi connectivity index (χ3n) is 3.74. The average Bonchev–Trinajstić information content (AvgIpc) is 3.00. The molecule has 4 N–H and O–H groups in total. The zero-order valence-electron chi connectivity index (χ0n) is 12.8. The molecule has 9 heteroatoms. The lowest BCUT2D eigenvalue weighted by atomic mass is 9.69. The zero-order chi connectivity index (χ0) is 16.9. The highest BCUT2D eigenvalue weighted by Crippen LogP contribution is 2.36. The smallest absolute Gasteiger partial charge is 0.325 e. The fourth-order valence-electron chi connectivity index (χ4n) is 2.53. The van der Waals surface area contributed by atoms with Gasteiger partial charge < -0.3 is 21.1 Å². The van der Waals surface area contributed by atoms with Crippen LogP contribution < -0.4 is 16.4 Å². The minimum absolute atomic E-state index is 0.0963. The van der Waals surface area contributed by atoms with Gasteiger partial charge in [0, 0.05) is 31.0 Å². The first-order chi connectivity index (χ1) is 10.9. The number of nitrogens with two attached hydrogens (primary N) is 1. The number of aromatic nitrogens is 1. The van der Waals surface area contributed by atoms with Gasteiger partial charge in [0.1, 0.15) is 5.54 Å². The van der Waals surface area contributed by atoms with Gasteiger partial charge in [0.15, 0.2) is 5.13 Å². The van der Waals surface area contributed by atoms with Crippen LogP contribution in [0.4, 0.5) is 5.13 Å². The maximum Gasteiger partial charge on any atom is 0.325 e. The number of nitrogens with one attached hydrogen (secondary N) is 2. The Morgan fingerprint density at radius 3 is 2.70 bits per heavy atom. The highest BCUT2D eigenvalue weighted by atomic mass is 32.1. The molecule has 0 aromatic carbocycles. The molecule has 0 saturated heterocycles. The molecule has 1 saturated carbocycles. The molecule has 0 atom stereocenters. The van der Waals surface area contributed by atoms with E-state index in [1.165, 1.54) is 18.4 Å². The first kappa shape index (κ1) is 17.4. The van der Waals surface area contributed by atoms with E-state index in [0.29, 0.717) is 24.5 Å². The van der Waals surface area contributed by atoms with E-state index in [4.69, 9.17) is 5.73 Å². The Bertz CT molecular complexity index is 569. The minimum atomic E-state index is -0.919. The van der Waals surface area contributed by atoms with Crippen LogP contribution in [0.15, 0.2) is 11.6 Å². The van der Waals surface area contributed by atoms with Crippen molar-refractivity contribution in [3.8, 4) is 0 Å². The summed E-state index contributed by atoms with van der Waals surface area (Å²) in [4.78, 5) is 38.7. The first-order valence-electron chi connectivity index (χ1n) is 7.26. The van der Waals surface area contributed by atoms with Crippen molar-refractivity contribution in [2.75, 3.05) is 19.0 Å². The van der Waals surface area contributed by atoms with Gasteiger partial charge in [-0.15, -0.1) is 11.3 Å². The van der Waals surface area contributed by atoms with Gasteiger partial charge in [-0.2, -0.15) is 0 Å². The summed E-state index contributed by atoms with van der Waals surface area (Å²) in [5, 5.41) is 7.65. The lowest BCUT2D eigenvalue weighted by Gasteiger charge is -2.42. The van der Waals surface area contributed by atoms with E-state index in [-0.39, 0.29) is 30.6 Å². The van der Waals surface area contributed by atoms with Crippen LogP contribution in [-0.4, -0.2) is 42.0 Å². The van der Waals surface area contributed by atoms with Crippen molar-refractivity contribution >= 4 is 34.3 Å². The van der Waals surface area contributed by atoms with Crippen molar-refractivity contribution in [2.24, 2.45) is 11.7 Å². The summed E-state index contributed by atoms with van der Waals surface area (Å²) in [5.74, 6) is -0.705. The number of anilines is 1. The van der Waals surface area contributed by atoms with E-state index in [2.05, 4.69) is 20.4 Å². The molecule has 8 nitrogen and oxygen atoms in total. The van der Waals surface area contributed by atoms with Crippen LogP contribution in [0.25, 0.3) is 0 Å². The lowest BCUT2D eigenvalue weighted by Crippen LogP contribution is -2.60. The largest absolute Gasteiger partial charge is 0.468 e. The van der Waals surface area contributed by atoms with Crippen LogP contribution in [0.3, 0.4) is 0 Å². The first-order valence-corrected chi connectivity index (χ1v) is 8.14. The topological polar surface area (TPSA) is 123 Å². The summed E-state index contributed by atoms with van der Waals surface area (Å²) >= 11 is 1.32. The van der Waals surface area contributed by atoms with Crippen LogP contribution >= 0.6 is 11.3 Å². The quantitative estimate of drug-likeness (QED) is 0.612. The third-order valence-corrected chi connectivity index (χ3v) is 4.43. The van der Waals surface area contributed by atoms with Gasteiger partial charge in [0.25, 0.3) is 0 Å². The predicted molar refractivity (Wildman–Crippen MR) is 84.6 cm³/mol. The number of thiazole rings is 1. The third kappa shape index (κ3) is 4.73. The molecule has 1 aromatic rings. The van der Waals surface area contributed by atoms with Crippen molar-refractivity contribution in [2.45, 2.75) is 31.2 Å². The Kier molecular flexibility index (Phi) is 5.67. The van der Waals surface area contributed by atoms with E-state index >= 15 is 0 Å². The number of amides is 2. The van der Waals surface area contributed by atoms with E-state index < -0.39 is 11.5 Å². The molecule has 0 aliphatic heterocycles. The molecule has 23 heavy (non-hydrogen) atoms. The molecule has 0 unspecified atom stereocenters. The molecule has 1 aromatic heterocycles. The Labute approximate surface area is 137 Å². The second kappa shape index (κ2) is 7.51. The van der Waals surface area contributed by atoms with E-state index in [0.717, 1.165) is 0 Å². The number of carbonyl (C=O) groups excluding carboxylic acids is 3. The molecular weight excluding hydrogens is 320 g/mol. The molecule has 0 radical (unpaired) electrons. The van der Waals surface area contributed by atoms with Gasteiger partial charge in [-0.3, -0.25) is 14.4 Å². The summed E-state index contributed by atoms with van der Waals surface area (Å²) in [6, 6.07) is 0. The highest BCUT2D eigenvalue weighted by molar-refractivity contribution is 7.13. The van der Waals surface area contributed by atoms with Crippen molar-refractivity contribution in [1.82, 2.24) is 10.3 Å². The summed E-state index contributed by atoms with van der Waals surface area (Å²) in [7, 11) is 1.31. The molecule has 126 valence electrons. The van der Waals surface area contributed by atoms with Crippen LogP contribution in [0.5, 0.6) is 0 Å². The van der Waals surface area contributed by atoms with Gasteiger partial charge in [-0.25, -0.2) is 4.98 Å². The highest BCUT2D eigenvalue weighted by Gasteiger charge is 2.47. The fourth-order valence-corrected chi connectivity index (χ4v) is 3.07. The van der Waals surface area contributed by atoms with Gasteiger partial charge in [-0.1, -0.05) is 0 Å². The monoisotopic (exact) mass is 340 g/mol. The number of methoxy groups -OCH3 is 1. The van der Waals surface area contributed by atoms with Gasteiger partial charge >= 0.3 is 5.97 Å². The van der Waals surface area contributed by atoms with E-state index in [1.807, 2.05) is 0 Å². The zero-order valence-corrected chi connectivity index (χ0v) is 13.6. The number of ether oxygens (including phenoxy) is 1. The van der Waals surface area contributed by atoms with Crippen molar-refractivity contribution in [3.05, 3.63) is 11.6 Å². The molecule has 2 amide bonds. The van der Waals surface area contributed by atoms with E-state index in [9.17, 15) is 14.4 Å². The van der Waals surface area contributed by atoms with Gasteiger partial charge in [0.2, 0.25) is 11.8 Å². The summed E-state index contributed by atoms with van der Waals surface area (Å²) in [5.41, 5.74) is 4.95. The maximum absolute atomic E-state index is 11.7. The molecule has 1 heterocycles. The number of esters is 1. The number of rotatable bonds is 7. The molecule has 1 fully saturated rings. The van der Waals surface area contributed by atoms with Crippen LogP contribution in [-0.2, 0) is 19.1 Å². The normalized spacial score (nSPS) is 22.8. The van der Waals surface area contributed by atoms with Gasteiger partial charge in [0.05, 0.1) is 7.11 Å². The molecule has 0 spiro atoms. The Morgan fingerprint density at radius 2 is 2.09 bits per heavy atom. The molecule has 0 bridgehead atoms. The Morgan fingerprint density at radius 1 is 1.39 bits per heavy atom. The average molecular weight is 340 g/mol. The van der Waals surface area contributed by atoms with Crippen LogP contribution in [0.2, 0.25) is 0 Å². The van der Waals surface area contributed by atoms with E-state index in [1.54, 1.807) is 11.6 Å². The number of carbonyl (C=O) groups is 3. The van der Waals surface area contributed by atoms with Crippen molar-refractivity contribution < 1.29 is 19.1 Å². The molecule has 1 aliphatic carbocycles. The maximum atomic E-state index is 11.7. The number of hydrogen-bond acceptors (Lipinski definition) is 7. The standard InChI is InChI=1S/C14H20N4O4S/c1-22-12(21)14(15)6-9(7-14)8-17-10(19)2-3-11(20)18-13-16-4-5-23-13/h4-5,9H,2-3,6-8,15H2,1H3,(H,17,19)(H,16,18,20). The molecular formula is C14H20N4O4S.